The molecule has 1 N–H and O–H groups in total. The van der Waals surface area contributed by atoms with Gasteiger partial charge >= 0.3 is 0 Å². The number of nitrogens with zero attached hydrogens (tertiary/aromatic N) is 1. The zero-order valence-corrected chi connectivity index (χ0v) is 13.6. The summed E-state index contributed by atoms with van der Waals surface area (Å²) < 4.78 is 0. The van der Waals surface area contributed by atoms with Gasteiger partial charge in [-0.05, 0) is 69.7 Å². The molecule has 0 bridgehead atoms. The topological polar surface area (TPSA) is 23.5 Å². The molecule has 0 aromatic heterocycles. The Kier molecular flexibility index (Phi) is 4.87. The van der Waals surface area contributed by atoms with Crippen LogP contribution in [0.5, 0.6) is 0 Å². The molecule has 0 saturated carbocycles. The second-order valence-corrected chi connectivity index (χ2v) is 6.68. The molecule has 1 heterocycles. The number of benzene rings is 1. The van der Waals surface area contributed by atoms with Gasteiger partial charge in [0.15, 0.2) is 0 Å². The predicted octanol–water partition coefficient (Wildman–Crippen LogP) is 3.77. The van der Waals surface area contributed by atoms with Crippen LogP contribution in [-0.4, -0.2) is 29.1 Å². The fourth-order valence-electron chi connectivity index (χ4n) is 3.71. The zero-order chi connectivity index (χ0) is 14.9. The minimum atomic E-state index is -0.372. The third kappa shape index (κ3) is 3.24. The maximum Gasteiger partial charge on any atom is 0.0922 e. The lowest BCUT2D eigenvalue weighted by Crippen LogP contribution is -2.44. The van der Waals surface area contributed by atoms with Crippen LogP contribution in [0.3, 0.4) is 0 Å². The summed E-state index contributed by atoms with van der Waals surface area (Å²) in [4.78, 5) is 2.46. The van der Waals surface area contributed by atoms with Gasteiger partial charge in [-0.25, -0.2) is 0 Å². The van der Waals surface area contributed by atoms with E-state index >= 15 is 0 Å². The summed E-state index contributed by atoms with van der Waals surface area (Å²) in [5, 5.41) is 10.7. The molecule has 2 nitrogen and oxygen atoms in total. The number of hydrogen-bond acceptors (Lipinski definition) is 2. The van der Waals surface area contributed by atoms with Gasteiger partial charge in [-0.2, -0.15) is 0 Å². The fraction of sp³-hybridized carbons (Fsp3) is 0.667. The van der Waals surface area contributed by atoms with E-state index in [1.54, 1.807) is 0 Å². The Hall–Kier alpha value is -0.860. The van der Waals surface area contributed by atoms with Crippen LogP contribution >= 0.6 is 0 Å². The van der Waals surface area contributed by atoms with E-state index in [4.69, 9.17) is 0 Å². The van der Waals surface area contributed by atoms with E-state index in [0.29, 0.717) is 6.04 Å². The van der Waals surface area contributed by atoms with Crippen molar-refractivity contribution in [3.63, 3.8) is 0 Å². The highest BCUT2D eigenvalue weighted by molar-refractivity contribution is 5.39. The standard InChI is InChI=1S/C18H29NO/c1-12-9-14(3)18(15(4)10-12)17(20)11-19-8-6-7-13(2)16(19)5/h9-10,13,16-17,20H,6-8,11H2,1-5H3. The van der Waals surface area contributed by atoms with E-state index in [-0.39, 0.29) is 6.10 Å². The van der Waals surface area contributed by atoms with Gasteiger partial charge < -0.3 is 5.11 Å². The average molecular weight is 275 g/mol. The van der Waals surface area contributed by atoms with Crippen molar-refractivity contribution in [2.45, 2.75) is 59.6 Å². The van der Waals surface area contributed by atoms with E-state index in [1.807, 2.05) is 0 Å². The molecule has 0 amide bonds. The molecule has 2 heteroatoms. The lowest BCUT2D eigenvalue weighted by Gasteiger charge is -2.39. The molecule has 1 aromatic rings. The van der Waals surface area contributed by atoms with Crippen molar-refractivity contribution in [1.29, 1.82) is 0 Å². The number of β-amino-alcohol motifs (C(OH)–C–C–N with tert-alkyl or cyclic N) is 1. The molecule has 0 spiro atoms. The Balaban J connectivity index is 2.14. The second-order valence-electron chi connectivity index (χ2n) is 6.68. The third-order valence-electron chi connectivity index (χ3n) is 4.98. The molecule has 1 saturated heterocycles. The van der Waals surface area contributed by atoms with Gasteiger partial charge in [0, 0.05) is 12.6 Å². The molecule has 2 rings (SSSR count). The number of rotatable bonds is 3. The van der Waals surface area contributed by atoms with Gasteiger partial charge in [0.1, 0.15) is 0 Å². The molecule has 20 heavy (non-hydrogen) atoms. The number of aryl methyl sites for hydroxylation is 3. The van der Waals surface area contributed by atoms with E-state index in [0.717, 1.165) is 24.6 Å². The van der Waals surface area contributed by atoms with Crippen molar-refractivity contribution in [3.05, 3.63) is 34.4 Å². The summed E-state index contributed by atoms with van der Waals surface area (Å²) >= 11 is 0. The Labute approximate surface area is 123 Å². The predicted molar refractivity (Wildman–Crippen MR) is 85.0 cm³/mol. The smallest absolute Gasteiger partial charge is 0.0922 e. The van der Waals surface area contributed by atoms with Gasteiger partial charge in [-0.3, -0.25) is 4.90 Å². The quantitative estimate of drug-likeness (QED) is 0.908. The minimum absolute atomic E-state index is 0.372. The maximum atomic E-state index is 10.7. The first-order valence-corrected chi connectivity index (χ1v) is 7.90. The molecular formula is C18H29NO. The first-order valence-electron chi connectivity index (χ1n) is 7.90. The first-order chi connectivity index (χ1) is 9.40. The molecule has 0 aliphatic carbocycles. The Morgan fingerprint density at radius 2 is 1.80 bits per heavy atom. The number of aliphatic hydroxyl groups excluding tert-OH is 1. The van der Waals surface area contributed by atoms with Gasteiger partial charge in [0.25, 0.3) is 0 Å². The number of likely N-dealkylation sites (tertiary alicyclic amines) is 1. The van der Waals surface area contributed by atoms with E-state index < -0.39 is 0 Å². The van der Waals surface area contributed by atoms with Crippen molar-refractivity contribution >= 4 is 0 Å². The molecule has 1 aromatic carbocycles. The minimum Gasteiger partial charge on any atom is -0.387 e. The van der Waals surface area contributed by atoms with Crippen LogP contribution in [0.1, 0.15) is 55.0 Å². The maximum absolute atomic E-state index is 10.7. The van der Waals surface area contributed by atoms with Crippen molar-refractivity contribution in [3.8, 4) is 0 Å². The summed E-state index contributed by atoms with van der Waals surface area (Å²) in [6.07, 6.45) is 2.20. The summed E-state index contributed by atoms with van der Waals surface area (Å²) in [6, 6.07) is 4.92. The monoisotopic (exact) mass is 275 g/mol. The first kappa shape index (κ1) is 15.5. The summed E-state index contributed by atoms with van der Waals surface area (Å²) in [5.74, 6) is 0.733. The molecule has 1 fully saturated rings. The Morgan fingerprint density at radius 1 is 1.20 bits per heavy atom. The van der Waals surface area contributed by atoms with Crippen molar-refractivity contribution < 1.29 is 5.11 Å². The van der Waals surface area contributed by atoms with Gasteiger partial charge in [-0.1, -0.05) is 24.6 Å². The van der Waals surface area contributed by atoms with Crippen molar-refractivity contribution in [1.82, 2.24) is 4.90 Å². The van der Waals surface area contributed by atoms with Crippen molar-refractivity contribution in [2.24, 2.45) is 5.92 Å². The molecule has 0 radical (unpaired) electrons. The summed E-state index contributed by atoms with van der Waals surface area (Å²) in [5.41, 5.74) is 4.83. The SMILES string of the molecule is Cc1cc(C)c(C(O)CN2CCCC(C)C2C)c(C)c1. The van der Waals surface area contributed by atoms with Gasteiger partial charge in [0.05, 0.1) is 6.10 Å². The van der Waals surface area contributed by atoms with Crippen molar-refractivity contribution in [2.75, 3.05) is 13.1 Å². The summed E-state index contributed by atoms with van der Waals surface area (Å²) in [7, 11) is 0. The highest BCUT2D eigenvalue weighted by Gasteiger charge is 2.27. The molecule has 1 aliphatic heterocycles. The molecule has 3 atom stereocenters. The zero-order valence-electron chi connectivity index (χ0n) is 13.6. The molecule has 1 aliphatic rings. The van der Waals surface area contributed by atoms with Crippen LogP contribution in [0.25, 0.3) is 0 Å². The van der Waals surface area contributed by atoms with Crippen LogP contribution in [0, 0.1) is 26.7 Å². The highest BCUT2D eigenvalue weighted by atomic mass is 16.3. The van der Waals surface area contributed by atoms with Crippen LogP contribution in [0.2, 0.25) is 0 Å². The highest BCUT2D eigenvalue weighted by Crippen LogP contribution is 2.28. The van der Waals surface area contributed by atoms with Crippen LogP contribution < -0.4 is 0 Å². The van der Waals surface area contributed by atoms with E-state index in [1.165, 1.54) is 29.5 Å². The van der Waals surface area contributed by atoms with Crippen LogP contribution in [0.15, 0.2) is 12.1 Å². The molecular weight excluding hydrogens is 246 g/mol. The lowest BCUT2D eigenvalue weighted by atomic mass is 9.90. The Bertz CT molecular complexity index is 445. The average Bonchev–Trinajstić information content (AvgIpc) is 2.33. The van der Waals surface area contributed by atoms with Gasteiger partial charge in [-0.15, -0.1) is 0 Å². The number of piperidine rings is 1. The molecule has 3 unspecified atom stereocenters. The molecule has 112 valence electrons. The van der Waals surface area contributed by atoms with E-state index in [9.17, 15) is 5.11 Å². The fourth-order valence-corrected chi connectivity index (χ4v) is 3.71. The number of hydrogen-bond donors (Lipinski definition) is 1. The third-order valence-corrected chi connectivity index (χ3v) is 4.98. The lowest BCUT2D eigenvalue weighted by molar-refractivity contribution is 0.0508. The van der Waals surface area contributed by atoms with Crippen LogP contribution in [-0.2, 0) is 0 Å². The number of aliphatic hydroxyl groups is 1. The van der Waals surface area contributed by atoms with E-state index in [2.05, 4.69) is 51.7 Å². The second kappa shape index (κ2) is 6.28. The van der Waals surface area contributed by atoms with Gasteiger partial charge in [0.2, 0.25) is 0 Å². The summed E-state index contributed by atoms with van der Waals surface area (Å²) in [6.45, 7) is 12.8. The largest absolute Gasteiger partial charge is 0.387 e. The van der Waals surface area contributed by atoms with Crippen LogP contribution in [0.4, 0.5) is 0 Å². The Morgan fingerprint density at radius 3 is 2.40 bits per heavy atom. The normalized spacial score (nSPS) is 25.7.